The van der Waals surface area contributed by atoms with Gasteiger partial charge in [-0.05, 0) is 132 Å². The van der Waals surface area contributed by atoms with Gasteiger partial charge in [-0.15, -0.1) is 0 Å². The van der Waals surface area contributed by atoms with Gasteiger partial charge in [0.25, 0.3) is 0 Å². The lowest BCUT2D eigenvalue weighted by Crippen LogP contribution is -2.50. The molecular formula is C44H47NO. The molecule has 0 saturated heterocycles. The molecule has 46 heavy (non-hydrogen) atoms. The highest BCUT2D eigenvalue weighted by atomic mass is 16.5. The van der Waals surface area contributed by atoms with Crippen molar-refractivity contribution in [2.45, 2.75) is 94.6 Å². The van der Waals surface area contributed by atoms with Crippen molar-refractivity contribution >= 4 is 5.57 Å². The zero-order valence-corrected chi connectivity index (χ0v) is 27.2. The van der Waals surface area contributed by atoms with Gasteiger partial charge in [0.05, 0.1) is 6.04 Å². The summed E-state index contributed by atoms with van der Waals surface area (Å²) in [6.45, 7) is 2.59. The average Bonchev–Trinajstić information content (AvgIpc) is 3.50. The van der Waals surface area contributed by atoms with Crippen molar-refractivity contribution in [3.63, 3.8) is 0 Å². The second-order valence-corrected chi connectivity index (χ2v) is 15.8. The van der Waals surface area contributed by atoms with Crippen LogP contribution in [0.1, 0.15) is 122 Å². The number of allylic oxidation sites excluding steroid dienone is 3. The molecule has 10 atom stereocenters. The molecule has 0 bridgehead atoms. The van der Waals surface area contributed by atoms with E-state index in [4.69, 9.17) is 4.74 Å². The Hall–Kier alpha value is -3.52. The number of hydrogen-bond acceptors (Lipinski definition) is 2. The summed E-state index contributed by atoms with van der Waals surface area (Å²) in [7, 11) is 0. The number of hydrogen-bond donors (Lipinski definition) is 1. The maximum Gasteiger partial charge on any atom is 0.135 e. The molecule has 2 heteroatoms. The molecule has 2 aliphatic heterocycles. The van der Waals surface area contributed by atoms with E-state index in [1.165, 1.54) is 80.0 Å². The second kappa shape index (κ2) is 10.8. The van der Waals surface area contributed by atoms with Crippen LogP contribution in [-0.4, -0.2) is 6.04 Å². The Morgan fingerprint density at radius 2 is 1.57 bits per heavy atom. The van der Waals surface area contributed by atoms with Crippen molar-refractivity contribution in [1.29, 1.82) is 0 Å². The highest BCUT2D eigenvalue weighted by molar-refractivity contribution is 5.76. The van der Waals surface area contributed by atoms with Gasteiger partial charge in [0.1, 0.15) is 11.9 Å². The van der Waals surface area contributed by atoms with Gasteiger partial charge in [-0.3, -0.25) is 0 Å². The molecule has 0 amide bonds. The van der Waals surface area contributed by atoms with Gasteiger partial charge in [-0.1, -0.05) is 92.6 Å². The lowest BCUT2D eigenvalue weighted by atomic mass is 9.56. The minimum atomic E-state index is 0.0679. The van der Waals surface area contributed by atoms with Gasteiger partial charge < -0.3 is 10.1 Å². The Balaban J connectivity index is 1.07. The van der Waals surface area contributed by atoms with Gasteiger partial charge in [0.2, 0.25) is 0 Å². The lowest BCUT2D eigenvalue weighted by molar-refractivity contribution is 0.0826. The normalized spacial score (nSPS) is 36.5. The molecule has 5 aliphatic carbocycles. The molecule has 2 nitrogen and oxygen atoms in total. The molecule has 3 aromatic carbocycles. The topological polar surface area (TPSA) is 21.3 Å². The summed E-state index contributed by atoms with van der Waals surface area (Å²) in [5, 5.41) is 3.83. The van der Waals surface area contributed by atoms with Crippen LogP contribution in [0.4, 0.5) is 0 Å². The molecule has 0 aromatic heterocycles. The Morgan fingerprint density at radius 1 is 0.739 bits per heavy atom. The largest absolute Gasteiger partial charge is 0.484 e. The molecule has 0 spiro atoms. The third-order valence-electron chi connectivity index (χ3n) is 13.8. The summed E-state index contributed by atoms with van der Waals surface area (Å²) in [4.78, 5) is 0. The SMILES string of the molecule is CC1C(C2=CC3c4c(cccc4C4CC5CCCCC5c5ccccc54)OC3c3ccccc32)CCC2CCC3=CC=CNC3C21. The van der Waals surface area contributed by atoms with E-state index in [0.717, 1.165) is 23.5 Å². The smallest absolute Gasteiger partial charge is 0.135 e. The minimum absolute atomic E-state index is 0.0679. The summed E-state index contributed by atoms with van der Waals surface area (Å²) in [6, 6.07) is 26.3. The highest BCUT2D eigenvalue weighted by Crippen LogP contribution is 2.60. The van der Waals surface area contributed by atoms with Crippen molar-refractivity contribution in [3.05, 3.63) is 130 Å². The molecule has 3 aromatic rings. The molecule has 0 radical (unpaired) electrons. The first kappa shape index (κ1) is 27.6. The van der Waals surface area contributed by atoms with Crippen LogP contribution in [-0.2, 0) is 0 Å². The molecule has 3 saturated carbocycles. The van der Waals surface area contributed by atoms with Crippen LogP contribution in [0.5, 0.6) is 5.75 Å². The first-order chi connectivity index (χ1) is 22.7. The highest BCUT2D eigenvalue weighted by Gasteiger charge is 2.49. The van der Waals surface area contributed by atoms with Gasteiger partial charge in [0.15, 0.2) is 0 Å². The van der Waals surface area contributed by atoms with E-state index < -0.39 is 0 Å². The van der Waals surface area contributed by atoms with Crippen molar-refractivity contribution in [3.8, 4) is 5.75 Å². The fourth-order valence-electron chi connectivity index (χ4n) is 11.9. The Kier molecular flexibility index (Phi) is 6.45. The van der Waals surface area contributed by atoms with E-state index in [2.05, 4.69) is 103 Å². The van der Waals surface area contributed by atoms with E-state index in [9.17, 15) is 0 Å². The maximum atomic E-state index is 7.01. The third-order valence-corrected chi connectivity index (χ3v) is 13.8. The average molecular weight is 606 g/mol. The quantitative estimate of drug-likeness (QED) is 0.314. The molecular weight excluding hydrogens is 558 g/mol. The van der Waals surface area contributed by atoms with Crippen LogP contribution in [0.15, 0.2) is 96.7 Å². The summed E-state index contributed by atoms with van der Waals surface area (Å²) < 4.78 is 7.01. The van der Waals surface area contributed by atoms with E-state index >= 15 is 0 Å². The molecule has 1 N–H and O–H groups in total. The summed E-state index contributed by atoms with van der Waals surface area (Å²) in [6.07, 6.45) is 21.7. The van der Waals surface area contributed by atoms with Crippen molar-refractivity contribution in [2.75, 3.05) is 0 Å². The van der Waals surface area contributed by atoms with Gasteiger partial charge in [-0.25, -0.2) is 0 Å². The fraction of sp³-hybridized carbons (Fsp3) is 0.455. The fourth-order valence-corrected chi connectivity index (χ4v) is 11.9. The second-order valence-electron chi connectivity index (χ2n) is 15.8. The number of benzene rings is 3. The molecule has 10 unspecified atom stereocenters. The van der Waals surface area contributed by atoms with E-state index in [0.29, 0.717) is 29.7 Å². The van der Waals surface area contributed by atoms with Crippen LogP contribution in [0.2, 0.25) is 0 Å². The zero-order valence-electron chi connectivity index (χ0n) is 27.2. The molecule has 2 heterocycles. The number of nitrogens with one attached hydrogen (secondary N) is 1. The lowest BCUT2D eigenvalue weighted by Gasteiger charge is -2.51. The Bertz CT molecular complexity index is 1780. The van der Waals surface area contributed by atoms with E-state index in [1.54, 1.807) is 22.3 Å². The Labute approximate surface area is 275 Å². The number of ether oxygens (including phenoxy) is 1. The summed E-state index contributed by atoms with van der Waals surface area (Å²) in [5.74, 6) is 6.13. The first-order valence-electron chi connectivity index (χ1n) is 18.6. The molecule has 7 aliphatic rings. The van der Waals surface area contributed by atoms with Crippen LogP contribution in [0.25, 0.3) is 5.57 Å². The minimum Gasteiger partial charge on any atom is -0.484 e. The molecule has 234 valence electrons. The summed E-state index contributed by atoms with van der Waals surface area (Å²) in [5.41, 5.74) is 12.3. The van der Waals surface area contributed by atoms with E-state index in [-0.39, 0.29) is 12.0 Å². The predicted molar refractivity (Wildman–Crippen MR) is 187 cm³/mol. The standard InChI is InChI=1S/C44H47NO/c1-26-30(22-21-27-19-20-28-11-9-23-45-43(28)41(26)27)38-25-39-42-35(17-8-18-40(42)46-44(39)36-16-7-6-15-34(36)38)37-24-29-10-2-3-12-31(29)32-13-4-5-14-33(32)37/h4-9,11,13-18,23,25-27,29-31,37,39,41,43-45H,2-3,10,12,19-22,24H2,1H3. The van der Waals surface area contributed by atoms with Gasteiger partial charge >= 0.3 is 0 Å². The zero-order chi connectivity index (χ0) is 30.4. The maximum absolute atomic E-state index is 7.01. The third kappa shape index (κ3) is 4.07. The van der Waals surface area contributed by atoms with Crippen molar-refractivity contribution < 1.29 is 4.74 Å². The van der Waals surface area contributed by atoms with E-state index in [1.807, 2.05) is 0 Å². The summed E-state index contributed by atoms with van der Waals surface area (Å²) >= 11 is 0. The Morgan fingerprint density at radius 3 is 2.50 bits per heavy atom. The monoisotopic (exact) mass is 605 g/mol. The predicted octanol–water partition coefficient (Wildman–Crippen LogP) is 10.6. The number of dihydropyridines is 1. The first-order valence-corrected chi connectivity index (χ1v) is 18.6. The van der Waals surface area contributed by atoms with Crippen LogP contribution in [0, 0.1) is 29.6 Å². The van der Waals surface area contributed by atoms with Crippen LogP contribution < -0.4 is 10.1 Å². The number of fused-ring (bicyclic) bond motifs is 11. The van der Waals surface area contributed by atoms with Gasteiger partial charge in [0, 0.05) is 23.0 Å². The molecule has 10 rings (SSSR count). The molecule has 3 fully saturated rings. The van der Waals surface area contributed by atoms with Crippen LogP contribution in [0.3, 0.4) is 0 Å². The van der Waals surface area contributed by atoms with Crippen molar-refractivity contribution in [2.24, 2.45) is 29.6 Å². The number of rotatable bonds is 2. The van der Waals surface area contributed by atoms with Crippen LogP contribution >= 0.6 is 0 Å². The van der Waals surface area contributed by atoms with Crippen molar-refractivity contribution in [1.82, 2.24) is 5.32 Å². The van der Waals surface area contributed by atoms with Gasteiger partial charge in [-0.2, -0.15) is 0 Å².